The summed E-state index contributed by atoms with van der Waals surface area (Å²) >= 11 is 0. The third kappa shape index (κ3) is 3.21. The first-order valence-electron chi connectivity index (χ1n) is 8.42. The quantitative estimate of drug-likeness (QED) is 0.596. The summed E-state index contributed by atoms with van der Waals surface area (Å²) in [6.45, 7) is 2.53. The Kier molecular flexibility index (Phi) is 4.23. The van der Waals surface area contributed by atoms with E-state index >= 15 is 0 Å². The molecule has 6 heteroatoms. The summed E-state index contributed by atoms with van der Waals surface area (Å²) in [5.41, 5.74) is 3.69. The number of imidazole rings is 1. The van der Waals surface area contributed by atoms with Gasteiger partial charge in [0, 0.05) is 24.9 Å². The first kappa shape index (κ1) is 16.1. The van der Waals surface area contributed by atoms with Gasteiger partial charge >= 0.3 is 0 Å². The molecule has 0 saturated carbocycles. The molecule has 0 fully saturated rings. The van der Waals surface area contributed by atoms with Crippen LogP contribution in [-0.2, 0) is 13.0 Å². The van der Waals surface area contributed by atoms with Gasteiger partial charge in [0.15, 0.2) is 5.76 Å². The largest absolute Gasteiger partial charge is 0.459 e. The highest BCUT2D eigenvalue weighted by Gasteiger charge is 2.16. The van der Waals surface area contributed by atoms with E-state index in [2.05, 4.69) is 15.3 Å². The van der Waals surface area contributed by atoms with Crippen LogP contribution in [-0.4, -0.2) is 20.4 Å². The Hall–Kier alpha value is -3.41. The molecule has 4 aromatic rings. The van der Waals surface area contributed by atoms with E-state index in [-0.39, 0.29) is 11.7 Å². The third-order valence-corrected chi connectivity index (χ3v) is 4.15. The van der Waals surface area contributed by atoms with Crippen molar-refractivity contribution in [1.82, 2.24) is 14.5 Å². The van der Waals surface area contributed by atoms with E-state index in [1.54, 1.807) is 18.5 Å². The fourth-order valence-electron chi connectivity index (χ4n) is 2.88. The molecule has 0 atom stereocenters. The lowest BCUT2D eigenvalue weighted by molar-refractivity contribution is 0.0995. The van der Waals surface area contributed by atoms with Gasteiger partial charge in [0.1, 0.15) is 0 Å². The second-order valence-corrected chi connectivity index (χ2v) is 6.09. The summed E-state index contributed by atoms with van der Waals surface area (Å²) in [7, 11) is 0. The van der Waals surface area contributed by atoms with Crippen LogP contribution < -0.4 is 5.32 Å². The average Bonchev–Trinajstić information content (AvgIpc) is 3.24. The number of furan rings is 1. The number of anilines is 1. The van der Waals surface area contributed by atoms with Gasteiger partial charge in [-0.1, -0.05) is 18.2 Å². The molecule has 0 saturated heterocycles. The summed E-state index contributed by atoms with van der Waals surface area (Å²) in [4.78, 5) is 21.4. The lowest BCUT2D eigenvalue weighted by Crippen LogP contribution is -2.16. The van der Waals surface area contributed by atoms with Crippen molar-refractivity contribution < 1.29 is 9.21 Å². The number of fused-ring (bicyclic) bond motifs is 1. The van der Waals surface area contributed by atoms with E-state index in [0.29, 0.717) is 12.5 Å². The van der Waals surface area contributed by atoms with Gasteiger partial charge in [-0.15, -0.1) is 0 Å². The van der Waals surface area contributed by atoms with Gasteiger partial charge in [-0.2, -0.15) is 0 Å². The van der Waals surface area contributed by atoms with E-state index in [1.807, 2.05) is 54.0 Å². The molecule has 1 amide bonds. The summed E-state index contributed by atoms with van der Waals surface area (Å²) in [6, 6.07) is 15.4. The van der Waals surface area contributed by atoms with Crippen LogP contribution in [0.25, 0.3) is 11.0 Å². The zero-order valence-corrected chi connectivity index (χ0v) is 14.3. The molecule has 0 aliphatic rings. The van der Waals surface area contributed by atoms with Crippen LogP contribution in [0.4, 0.5) is 5.95 Å². The van der Waals surface area contributed by atoms with Crippen LogP contribution in [0.1, 0.15) is 21.8 Å². The summed E-state index contributed by atoms with van der Waals surface area (Å²) in [5, 5.41) is 2.86. The average molecular weight is 346 g/mol. The molecular weight excluding hydrogens is 328 g/mol. The SMILES string of the molecule is Cc1coc(C(=O)Nc2nc3ccccc3n2CCc2ccccn2)c1. The van der Waals surface area contributed by atoms with E-state index in [9.17, 15) is 4.79 Å². The van der Waals surface area contributed by atoms with Crippen molar-refractivity contribution in [1.29, 1.82) is 0 Å². The van der Waals surface area contributed by atoms with Crippen LogP contribution in [0.5, 0.6) is 0 Å². The topological polar surface area (TPSA) is 73.0 Å². The molecule has 0 bridgehead atoms. The molecule has 26 heavy (non-hydrogen) atoms. The maximum Gasteiger partial charge on any atom is 0.293 e. The number of aromatic nitrogens is 3. The summed E-state index contributed by atoms with van der Waals surface area (Å²) in [5.74, 6) is 0.458. The number of amides is 1. The Morgan fingerprint density at radius 1 is 1.19 bits per heavy atom. The van der Waals surface area contributed by atoms with Crippen LogP contribution in [0.2, 0.25) is 0 Å². The number of aryl methyl sites for hydroxylation is 3. The number of nitrogens with one attached hydrogen (secondary N) is 1. The molecule has 6 nitrogen and oxygen atoms in total. The number of benzene rings is 1. The van der Waals surface area contributed by atoms with E-state index in [4.69, 9.17) is 4.42 Å². The van der Waals surface area contributed by atoms with Gasteiger partial charge in [-0.25, -0.2) is 4.98 Å². The molecule has 0 radical (unpaired) electrons. The Bertz CT molecular complexity index is 1050. The molecule has 3 aromatic heterocycles. The van der Waals surface area contributed by atoms with Gasteiger partial charge in [0.05, 0.1) is 17.3 Å². The van der Waals surface area contributed by atoms with Crippen molar-refractivity contribution in [2.45, 2.75) is 19.9 Å². The Labute approximate surface area is 150 Å². The lowest BCUT2D eigenvalue weighted by atomic mass is 10.2. The minimum Gasteiger partial charge on any atom is -0.459 e. The zero-order chi connectivity index (χ0) is 17.9. The van der Waals surface area contributed by atoms with Gasteiger partial charge in [0.2, 0.25) is 5.95 Å². The summed E-state index contributed by atoms with van der Waals surface area (Å²) in [6.07, 6.45) is 4.08. The molecule has 1 N–H and O–H groups in total. The first-order valence-corrected chi connectivity index (χ1v) is 8.42. The van der Waals surface area contributed by atoms with E-state index in [0.717, 1.165) is 28.7 Å². The van der Waals surface area contributed by atoms with Gasteiger partial charge in [-0.3, -0.25) is 15.1 Å². The molecular formula is C20H18N4O2. The number of pyridine rings is 1. The van der Waals surface area contributed by atoms with Crippen molar-refractivity contribution >= 4 is 22.9 Å². The maximum atomic E-state index is 12.5. The number of hydrogen-bond donors (Lipinski definition) is 1. The van der Waals surface area contributed by atoms with Gasteiger partial charge in [-0.05, 0) is 42.8 Å². The summed E-state index contributed by atoms with van der Waals surface area (Å²) < 4.78 is 7.28. The van der Waals surface area contributed by atoms with Crippen LogP contribution in [0, 0.1) is 6.92 Å². The Morgan fingerprint density at radius 3 is 2.81 bits per heavy atom. The van der Waals surface area contributed by atoms with Crippen molar-refractivity contribution in [3.63, 3.8) is 0 Å². The van der Waals surface area contributed by atoms with Crippen LogP contribution >= 0.6 is 0 Å². The number of nitrogens with zero attached hydrogens (tertiary/aromatic N) is 3. The minimum absolute atomic E-state index is 0.269. The first-order chi connectivity index (χ1) is 12.7. The van der Waals surface area contributed by atoms with E-state index in [1.165, 1.54) is 0 Å². The Morgan fingerprint density at radius 2 is 2.04 bits per heavy atom. The molecule has 4 rings (SSSR count). The molecule has 0 aliphatic heterocycles. The standard InChI is InChI=1S/C20H18N4O2/c1-14-12-18(26-13-14)19(25)23-20-22-16-7-2-3-8-17(16)24(20)11-9-15-6-4-5-10-21-15/h2-8,10,12-13H,9,11H2,1H3,(H,22,23,25). The number of rotatable bonds is 5. The fourth-order valence-corrected chi connectivity index (χ4v) is 2.88. The van der Waals surface area contributed by atoms with Crippen molar-refractivity contribution in [3.05, 3.63) is 78.0 Å². The fraction of sp³-hybridized carbons (Fsp3) is 0.150. The zero-order valence-electron chi connectivity index (χ0n) is 14.3. The molecule has 3 heterocycles. The smallest absolute Gasteiger partial charge is 0.293 e. The lowest BCUT2D eigenvalue weighted by Gasteiger charge is -2.09. The van der Waals surface area contributed by atoms with E-state index < -0.39 is 0 Å². The predicted molar refractivity (Wildman–Crippen MR) is 99.1 cm³/mol. The predicted octanol–water partition coefficient (Wildman–Crippen LogP) is 3.83. The normalized spacial score (nSPS) is 11.0. The molecule has 0 spiro atoms. The highest BCUT2D eigenvalue weighted by molar-refractivity contribution is 6.02. The molecule has 1 aromatic carbocycles. The molecule has 130 valence electrons. The van der Waals surface area contributed by atoms with Crippen molar-refractivity contribution in [2.75, 3.05) is 5.32 Å². The highest BCUT2D eigenvalue weighted by atomic mass is 16.3. The number of carbonyl (C=O) groups is 1. The highest BCUT2D eigenvalue weighted by Crippen LogP contribution is 2.21. The van der Waals surface area contributed by atoms with Crippen LogP contribution in [0.3, 0.4) is 0 Å². The second kappa shape index (κ2) is 6.84. The Balaban J connectivity index is 1.64. The monoisotopic (exact) mass is 346 g/mol. The molecule has 0 aliphatic carbocycles. The number of hydrogen-bond acceptors (Lipinski definition) is 4. The van der Waals surface area contributed by atoms with Gasteiger partial charge < -0.3 is 8.98 Å². The van der Waals surface area contributed by atoms with Crippen LogP contribution in [0.15, 0.2) is 65.4 Å². The second-order valence-electron chi connectivity index (χ2n) is 6.09. The maximum absolute atomic E-state index is 12.5. The number of carbonyl (C=O) groups excluding carboxylic acids is 1. The molecule has 0 unspecified atom stereocenters. The minimum atomic E-state index is -0.313. The van der Waals surface area contributed by atoms with Gasteiger partial charge in [0.25, 0.3) is 5.91 Å². The van der Waals surface area contributed by atoms with Crippen molar-refractivity contribution in [3.8, 4) is 0 Å². The third-order valence-electron chi connectivity index (χ3n) is 4.15. The van der Waals surface area contributed by atoms with Crippen molar-refractivity contribution in [2.24, 2.45) is 0 Å². The number of para-hydroxylation sites is 2.